The second-order valence-electron chi connectivity index (χ2n) is 7.24. The molecule has 3 heterocycles. The van der Waals surface area contributed by atoms with Crippen molar-refractivity contribution in [2.45, 2.75) is 39.1 Å². The molecule has 2 unspecified atom stereocenters. The number of aryl methyl sites for hydroxylation is 1. The Hall–Kier alpha value is -2.45. The lowest BCUT2D eigenvalue weighted by Crippen LogP contribution is -2.50. The molecular formula is C20H28N6O2. The number of likely N-dealkylation sites (tertiary alicyclic amines) is 1. The average Bonchev–Trinajstić information content (AvgIpc) is 3.32. The Labute approximate surface area is 165 Å². The molecule has 0 radical (unpaired) electrons. The van der Waals surface area contributed by atoms with Crippen molar-refractivity contribution in [3.63, 3.8) is 0 Å². The molecule has 1 aromatic heterocycles. The van der Waals surface area contributed by atoms with Gasteiger partial charge in [0.25, 0.3) is 0 Å². The number of hydrogen-bond acceptors (Lipinski definition) is 6. The van der Waals surface area contributed by atoms with Crippen LogP contribution in [0.2, 0.25) is 0 Å². The third-order valence-corrected chi connectivity index (χ3v) is 5.22. The summed E-state index contributed by atoms with van der Waals surface area (Å²) >= 11 is 0. The van der Waals surface area contributed by atoms with E-state index in [0.717, 1.165) is 45.3 Å². The van der Waals surface area contributed by atoms with Crippen LogP contribution in [0.25, 0.3) is 0 Å². The third kappa shape index (κ3) is 4.34. The number of aromatic nitrogens is 2. The van der Waals surface area contributed by atoms with E-state index in [1.54, 1.807) is 6.92 Å². The van der Waals surface area contributed by atoms with Gasteiger partial charge in [-0.05, 0) is 12.5 Å². The molecule has 2 saturated heterocycles. The number of hydrogen-bond donors (Lipinski definition) is 1. The molecule has 0 bridgehead atoms. The van der Waals surface area contributed by atoms with E-state index in [1.807, 2.05) is 0 Å². The number of aliphatic imine (C=N–C) groups is 1. The highest BCUT2D eigenvalue weighted by atomic mass is 16.5. The van der Waals surface area contributed by atoms with Crippen molar-refractivity contribution in [2.24, 2.45) is 4.99 Å². The lowest BCUT2D eigenvalue weighted by molar-refractivity contribution is -0.0502. The van der Waals surface area contributed by atoms with Crippen molar-refractivity contribution in [1.29, 1.82) is 0 Å². The quantitative estimate of drug-likeness (QED) is 0.617. The Morgan fingerprint density at radius 2 is 2.14 bits per heavy atom. The van der Waals surface area contributed by atoms with Crippen molar-refractivity contribution in [1.82, 2.24) is 25.3 Å². The third-order valence-electron chi connectivity index (χ3n) is 5.22. The second kappa shape index (κ2) is 8.70. The van der Waals surface area contributed by atoms with Gasteiger partial charge in [-0.25, -0.2) is 4.99 Å². The van der Waals surface area contributed by atoms with Gasteiger partial charge in [-0.15, -0.1) is 0 Å². The van der Waals surface area contributed by atoms with Crippen molar-refractivity contribution in [2.75, 3.05) is 32.8 Å². The highest BCUT2D eigenvalue weighted by molar-refractivity contribution is 5.80. The van der Waals surface area contributed by atoms with Crippen LogP contribution in [-0.4, -0.2) is 70.8 Å². The van der Waals surface area contributed by atoms with Crippen LogP contribution >= 0.6 is 0 Å². The molecule has 0 aliphatic carbocycles. The number of fused-ring (bicyclic) bond motifs is 1. The minimum absolute atomic E-state index is 0.203. The Morgan fingerprint density at radius 1 is 1.29 bits per heavy atom. The van der Waals surface area contributed by atoms with Crippen molar-refractivity contribution in [3.8, 4) is 0 Å². The molecular weight excluding hydrogens is 356 g/mol. The molecule has 0 amide bonds. The van der Waals surface area contributed by atoms with E-state index < -0.39 is 0 Å². The fourth-order valence-electron chi connectivity index (χ4n) is 3.92. The number of ether oxygens (including phenoxy) is 1. The van der Waals surface area contributed by atoms with E-state index in [0.29, 0.717) is 24.3 Å². The lowest BCUT2D eigenvalue weighted by Gasteiger charge is -2.36. The predicted molar refractivity (Wildman–Crippen MR) is 106 cm³/mol. The Balaban J connectivity index is 1.44. The second-order valence-corrected chi connectivity index (χ2v) is 7.24. The Morgan fingerprint density at radius 3 is 2.89 bits per heavy atom. The molecule has 4 rings (SSSR count). The topological polar surface area (TPSA) is 79.0 Å². The van der Waals surface area contributed by atoms with Gasteiger partial charge in [0.1, 0.15) is 6.54 Å². The largest absolute Gasteiger partial charge is 0.373 e. The van der Waals surface area contributed by atoms with E-state index in [4.69, 9.17) is 14.3 Å². The van der Waals surface area contributed by atoms with Crippen LogP contribution < -0.4 is 5.32 Å². The van der Waals surface area contributed by atoms with Gasteiger partial charge in [0.15, 0.2) is 11.8 Å². The molecule has 2 aromatic rings. The van der Waals surface area contributed by atoms with Gasteiger partial charge >= 0.3 is 0 Å². The molecule has 2 aliphatic rings. The molecule has 8 nitrogen and oxygen atoms in total. The summed E-state index contributed by atoms with van der Waals surface area (Å²) in [5.41, 5.74) is 1.34. The smallest absolute Gasteiger partial charge is 0.223 e. The molecule has 8 heteroatoms. The first-order valence-electron chi connectivity index (χ1n) is 9.95. The van der Waals surface area contributed by atoms with Gasteiger partial charge < -0.3 is 19.5 Å². The number of rotatable bonds is 5. The summed E-state index contributed by atoms with van der Waals surface area (Å²) in [6.45, 7) is 9.50. The van der Waals surface area contributed by atoms with E-state index >= 15 is 0 Å². The van der Waals surface area contributed by atoms with E-state index in [1.165, 1.54) is 5.56 Å². The van der Waals surface area contributed by atoms with Gasteiger partial charge in [0, 0.05) is 39.6 Å². The minimum atomic E-state index is 0.203. The fourth-order valence-corrected chi connectivity index (χ4v) is 3.92. The number of nitrogens with one attached hydrogen (secondary N) is 1. The van der Waals surface area contributed by atoms with Crippen LogP contribution in [0.1, 0.15) is 24.2 Å². The minimum Gasteiger partial charge on any atom is -0.373 e. The molecule has 0 spiro atoms. The van der Waals surface area contributed by atoms with Crippen LogP contribution in [0.4, 0.5) is 0 Å². The average molecular weight is 384 g/mol. The maximum Gasteiger partial charge on any atom is 0.223 e. The predicted octanol–water partition coefficient (Wildman–Crippen LogP) is 1.43. The molecule has 1 N–H and O–H groups in total. The van der Waals surface area contributed by atoms with Gasteiger partial charge in [0.2, 0.25) is 5.89 Å². The zero-order chi connectivity index (χ0) is 19.3. The number of nitrogens with zero attached hydrogens (tertiary/aromatic N) is 5. The summed E-state index contributed by atoms with van der Waals surface area (Å²) in [5.74, 6) is 2.04. The zero-order valence-corrected chi connectivity index (χ0v) is 16.5. The lowest BCUT2D eigenvalue weighted by atomic mass is 10.1. The first kappa shape index (κ1) is 18.9. The summed E-state index contributed by atoms with van der Waals surface area (Å²) in [6, 6.07) is 11.0. The normalized spacial score (nSPS) is 23.1. The standard InChI is InChI=1S/C20H28N6O2/c1-3-21-20(22-11-19-23-15(2)28-24-19)26-13-17-18(14-26)27-10-9-25(17)12-16-7-5-4-6-8-16/h4-8,17-18H,3,9-14H2,1-2H3,(H,21,22). The molecule has 1 aromatic carbocycles. The molecule has 150 valence electrons. The highest BCUT2D eigenvalue weighted by Crippen LogP contribution is 2.24. The summed E-state index contributed by atoms with van der Waals surface area (Å²) in [7, 11) is 0. The summed E-state index contributed by atoms with van der Waals surface area (Å²) in [5, 5.41) is 7.32. The highest BCUT2D eigenvalue weighted by Gasteiger charge is 2.41. The van der Waals surface area contributed by atoms with Crippen molar-refractivity contribution >= 4 is 5.96 Å². The zero-order valence-electron chi connectivity index (χ0n) is 16.5. The number of morpholine rings is 1. The molecule has 28 heavy (non-hydrogen) atoms. The van der Waals surface area contributed by atoms with Crippen LogP contribution in [0, 0.1) is 6.92 Å². The Kier molecular flexibility index (Phi) is 5.87. The monoisotopic (exact) mass is 384 g/mol. The van der Waals surface area contributed by atoms with Crippen LogP contribution in [-0.2, 0) is 17.8 Å². The first-order chi connectivity index (χ1) is 13.7. The SMILES string of the molecule is CCNC(=NCc1noc(C)n1)N1CC2OCCN(Cc3ccccc3)C2C1. The molecule has 2 atom stereocenters. The van der Waals surface area contributed by atoms with Crippen molar-refractivity contribution < 1.29 is 9.26 Å². The number of benzene rings is 1. The van der Waals surface area contributed by atoms with Crippen LogP contribution in [0.15, 0.2) is 39.8 Å². The van der Waals surface area contributed by atoms with Gasteiger partial charge in [-0.1, -0.05) is 35.5 Å². The van der Waals surface area contributed by atoms with Gasteiger partial charge in [-0.2, -0.15) is 4.98 Å². The van der Waals surface area contributed by atoms with E-state index in [9.17, 15) is 0 Å². The maximum atomic E-state index is 6.09. The fraction of sp³-hybridized carbons (Fsp3) is 0.550. The van der Waals surface area contributed by atoms with Crippen LogP contribution in [0.3, 0.4) is 0 Å². The van der Waals surface area contributed by atoms with E-state index in [2.05, 4.69) is 62.5 Å². The molecule has 0 saturated carbocycles. The summed E-state index contributed by atoms with van der Waals surface area (Å²) in [6.07, 6.45) is 0.203. The summed E-state index contributed by atoms with van der Waals surface area (Å²) < 4.78 is 11.1. The van der Waals surface area contributed by atoms with Gasteiger partial charge in [0.05, 0.1) is 18.8 Å². The van der Waals surface area contributed by atoms with Crippen molar-refractivity contribution in [3.05, 3.63) is 47.6 Å². The van der Waals surface area contributed by atoms with Gasteiger partial charge in [-0.3, -0.25) is 4.90 Å². The van der Waals surface area contributed by atoms with E-state index in [-0.39, 0.29) is 6.10 Å². The first-order valence-corrected chi connectivity index (χ1v) is 9.95. The molecule has 2 aliphatic heterocycles. The number of guanidine groups is 1. The van der Waals surface area contributed by atoms with Crippen LogP contribution in [0.5, 0.6) is 0 Å². The summed E-state index contributed by atoms with van der Waals surface area (Å²) in [4.78, 5) is 13.8. The Bertz CT molecular complexity index is 793. The maximum absolute atomic E-state index is 6.09. The molecule has 2 fully saturated rings.